The quantitative estimate of drug-likeness (QED) is 0.869. The predicted octanol–water partition coefficient (Wildman–Crippen LogP) is 3.80. The molecule has 2 rings (SSSR count). The highest BCUT2D eigenvalue weighted by Gasteiger charge is 2.18. The summed E-state index contributed by atoms with van der Waals surface area (Å²) in [5.74, 6) is -1.24. The van der Waals surface area contributed by atoms with Crippen molar-refractivity contribution < 1.29 is 18.3 Å². The number of sulfonamides is 1. The highest BCUT2D eigenvalue weighted by atomic mass is 35.5. The van der Waals surface area contributed by atoms with Crippen molar-refractivity contribution in [3.05, 3.63) is 57.6 Å². The van der Waals surface area contributed by atoms with E-state index in [-0.39, 0.29) is 21.2 Å². The second kappa shape index (κ2) is 6.16. The Labute approximate surface area is 137 Å². The number of nitrogens with one attached hydrogen (secondary N) is 1. The van der Waals surface area contributed by atoms with Crippen LogP contribution < -0.4 is 4.72 Å². The number of rotatable bonds is 4. The van der Waals surface area contributed by atoms with E-state index in [2.05, 4.69) is 4.72 Å². The number of aromatic carboxylic acids is 1. The Morgan fingerprint density at radius 1 is 1.14 bits per heavy atom. The van der Waals surface area contributed by atoms with E-state index in [0.717, 1.165) is 6.07 Å². The molecule has 0 atom stereocenters. The monoisotopic (exact) mass is 359 g/mol. The molecule has 2 N–H and O–H groups in total. The van der Waals surface area contributed by atoms with E-state index >= 15 is 0 Å². The molecule has 0 saturated carbocycles. The third kappa shape index (κ3) is 3.52. The Bertz CT molecular complexity index is 850. The predicted molar refractivity (Wildman–Crippen MR) is 85.4 cm³/mol. The van der Waals surface area contributed by atoms with E-state index in [9.17, 15) is 13.2 Å². The van der Waals surface area contributed by atoms with Crippen molar-refractivity contribution in [2.24, 2.45) is 0 Å². The Morgan fingerprint density at radius 3 is 2.41 bits per heavy atom. The van der Waals surface area contributed by atoms with Crippen LogP contribution in [0.5, 0.6) is 0 Å². The van der Waals surface area contributed by atoms with Crippen LogP contribution in [0.4, 0.5) is 5.69 Å². The van der Waals surface area contributed by atoms with E-state index < -0.39 is 16.0 Å². The van der Waals surface area contributed by atoms with Gasteiger partial charge in [-0.1, -0.05) is 23.2 Å². The van der Waals surface area contributed by atoms with Crippen molar-refractivity contribution in [1.29, 1.82) is 0 Å². The molecule has 8 heteroatoms. The van der Waals surface area contributed by atoms with Gasteiger partial charge in [0, 0.05) is 10.7 Å². The number of benzene rings is 2. The summed E-state index contributed by atoms with van der Waals surface area (Å²) in [5.41, 5.74) is 0.401. The SMILES string of the molecule is Cc1cc(Cl)ccc1S(=O)(=O)Nc1ccc(Cl)c(C(=O)O)c1. The number of hydrogen-bond acceptors (Lipinski definition) is 3. The van der Waals surface area contributed by atoms with Gasteiger partial charge in [-0.3, -0.25) is 4.72 Å². The molecule has 2 aromatic carbocycles. The van der Waals surface area contributed by atoms with Crippen molar-refractivity contribution >= 4 is 44.9 Å². The molecular weight excluding hydrogens is 349 g/mol. The first kappa shape index (κ1) is 16.6. The van der Waals surface area contributed by atoms with Crippen molar-refractivity contribution in [1.82, 2.24) is 0 Å². The molecule has 0 radical (unpaired) electrons. The van der Waals surface area contributed by atoms with Gasteiger partial charge in [-0.25, -0.2) is 13.2 Å². The van der Waals surface area contributed by atoms with Crippen molar-refractivity contribution in [3.8, 4) is 0 Å². The summed E-state index contributed by atoms with van der Waals surface area (Å²) in [7, 11) is -3.86. The van der Waals surface area contributed by atoms with Crippen LogP contribution in [-0.2, 0) is 10.0 Å². The maximum atomic E-state index is 12.4. The van der Waals surface area contributed by atoms with E-state index in [1.54, 1.807) is 6.92 Å². The van der Waals surface area contributed by atoms with Gasteiger partial charge in [0.25, 0.3) is 10.0 Å². The van der Waals surface area contributed by atoms with Crippen molar-refractivity contribution in [3.63, 3.8) is 0 Å². The standard InChI is InChI=1S/C14H11Cl2NO4S/c1-8-6-9(15)2-5-13(8)22(20,21)17-10-3-4-12(16)11(7-10)14(18)19/h2-7,17H,1H3,(H,18,19). The third-order valence-electron chi connectivity index (χ3n) is 2.88. The number of carboxylic acid groups (broad SMARTS) is 1. The number of aryl methyl sites for hydroxylation is 1. The van der Waals surface area contributed by atoms with Crippen molar-refractivity contribution in [2.75, 3.05) is 4.72 Å². The van der Waals surface area contributed by atoms with Crippen LogP contribution in [0, 0.1) is 6.92 Å². The summed E-state index contributed by atoms with van der Waals surface area (Å²) in [5, 5.41) is 9.46. The second-order valence-corrected chi connectivity index (χ2v) is 7.01. The number of carboxylic acids is 1. The summed E-state index contributed by atoms with van der Waals surface area (Å²) < 4.78 is 27.1. The number of anilines is 1. The summed E-state index contributed by atoms with van der Waals surface area (Å²) in [6, 6.07) is 8.24. The summed E-state index contributed by atoms with van der Waals surface area (Å²) in [6.07, 6.45) is 0. The lowest BCUT2D eigenvalue weighted by atomic mass is 10.2. The first-order valence-corrected chi connectivity index (χ1v) is 8.26. The van der Waals surface area contributed by atoms with Gasteiger partial charge in [0.1, 0.15) is 0 Å². The molecule has 5 nitrogen and oxygen atoms in total. The largest absolute Gasteiger partial charge is 0.478 e. The van der Waals surface area contributed by atoms with Crippen LogP contribution in [0.15, 0.2) is 41.3 Å². The van der Waals surface area contributed by atoms with Crippen LogP contribution in [0.1, 0.15) is 15.9 Å². The molecule has 22 heavy (non-hydrogen) atoms. The van der Waals surface area contributed by atoms with Crippen LogP contribution >= 0.6 is 23.2 Å². The van der Waals surface area contributed by atoms with Gasteiger partial charge in [-0.15, -0.1) is 0 Å². The van der Waals surface area contributed by atoms with Gasteiger partial charge in [-0.05, 0) is 48.9 Å². The Morgan fingerprint density at radius 2 is 1.82 bits per heavy atom. The fourth-order valence-corrected chi connectivity index (χ4v) is 3.58. The average molecular weight is 360 g/mol. The molecule has 0 unspecified atom stereocenters. The van der Waals surface area contributed by atoms with Crippen molar-refractivity contribution in [2.45, 2.75) is 11.8 Å². The van der Waals surface area contributed by atoms with Gasteiger partial charge in [0.15, 0.2) is 0 Å². The maximum absolute atomic E-state index is 12.4. The molecule has 0 heterocycles. The number of carbonyl (C=O) groups is 1. The molecule has 0 saturated heterocycles. The van der Waals surface area contributed by atoms with Crippen LogP contribution in [0.3, 0.4) is 0 Å². The van der Waals surface area contributed by atoms with E-state index in [1.165, 1.54) is 30.3 Å². The normalized spacial score (nSPS) is 11.2. The highest BCUT2D eigenvalue weighted by Crippen LogP contribution is 2.25. The zero-order chi connectivity index (χ0) is 16.5. The number of halogens is 2. The molecule has 0 aliphatic rings. The minimum atomic E-state index is -3.86. The van der Waals surface area contributed by atoms with Crippen LogP contribution in [0.25, 0.3) is 0 Å². The fraction of sp³-hybridized carbons (Fsp3) is 0.0714. The molecule has 0 spiro atoms. The summed E-state index contributed by atoms with van der Waals surface area (Å²) >= 11 is 11.6. The zero-order valence-corrected chi connectivity index (χ0v) is 13.6. The maximum Gasteiger partial charge on any atom is 0.337 e. The van der Waals surface area contributed by atoms with Crippen LogP contribution in [-0.4, -0.2) is 19.5 Å². The topological polar surface area (TPSA) is 83.5 Å². The smallest absolute Gasteiger partial charge is 0.337 e. The molecule has 0 aliphatic heterocycles. The lowest BCUT2D eigenvalue weighted by molar-refractivity contribution is 0.0697. The molecule has 0 aliphatic carbocycles. The second-order valence-electron chi connectivity index (χ2n) is 4.52. The summed E-state index contributed by atoms with van der Waals surface area (Å²) in [4.78, 5) is 11.1. The number of hydrogen-bond donors (Lipinski definition) is 2. The lowest BCUT2D eigenvalue weighted by Gasteiger charge is -2.11. The first-order valence-electron chi connectivity index (χ1n) is 6.02. The van der Waals surface area contributed by atoms with Gasteiger partial charge in [-0.2, -0.15) is 0 Å². The molecule has 2 aromatic rings. The van der Waals surface area contributed by atoms with Crippen LogP contribution in [0.2, 0.25) is 10.0 Å². The van der Waals surface area contributed by atoms with Gasteiger partial charge in [0.05, 0.1) is 15.5 Å². The average Bonchev–Trinajstić information content (AvgIpc) is 2.39. The Hall–Kier alpha value is -1.76. The molecule has 116 valence electrons. The fourth-order valence-electron chi connectivity index (χ4n) is 1.88. The highest BCUT2D eigenvalue weighted by molar-refractivity contribution is 7.92. The van der Waals surface area contributed by atoms with Gasteiger partial charge in [0.2, 0.25) is 0 Å². The minimum Gasteiger partial charge on any atom is -0.478 e. The molecule has 0 amide bonds. The summed E-state index contributed by atoms with van der Waals surface area (Å²) in [6.45, 7) is 1.62. The third-order valence-corrected chi connectivity index (χ3v) is 4.98. The minimum absolute atomic E-state index is 0.0260. The van der Waals surface area contributed by atoms with E-state index in [4.69, 9.17) is 28.3 Å². The first-order chi connectivity index (χ1) is 10.2. The lowest BCUT2D eigenvalue weighted by Crippen LogP contribution is -2.14. The molecule has 0 aromatic heterocycles. The van der Waals surface area contributed by atoms with Gasteiger partial charge < -0.3 is 5.11 Å². The Kier molecular flexibility index (Phi) is 4.65. The Balaban J connectivity index is 2.41. The zero-order valence-electron chi connectivity index (χ0n) is 11.3. The molecule has 0 bridgehead atoms. The molecular formula is C14H11Cl2NO4S. The van der Waals surface area contributed by atoms with E-state index in [1.807, 2.05) is 0 Å². The van der Waals surface area contributed by atoms with Gasteiger partial charge >= 0.3 is 5.97 Å². The van der Waals surface area contributed by atoms with E-state index in [0.29, 0.717) is 10.6 Å². The molecule has 0 fully saturated rings.